The van der Waals surface area contributed by atoms with Gasteiger partial charge in [0.05, 0.1) is 16.3 Å². The maximum Gasteiger partial charge on any atom is 0.338 e. The van der Waals surface area contributed by atoms with Crippen molar-refractivity contribution in [2.75, 3.05) is 13.7 Å². The predicted molar refractivity (Wildman–Crippen MR) is 101 cm³/mol. The van der Waals surface area contributed by atoms with Gasteiger partial charge in [-0.3, -0.25) is 0 Å². The molecular formula is C20H20N2O3S. The number of carbonyl (C=O) groups excluding carboxylic acids is 1. The second kappa shape index (κ2) is 8.21. The van der Waals surface area contributed by atoms with Crippen molar-refractivity contribution in [3.8, 4) is 11.6 Å². The van der Waals surface area contributed by atoms with Gasteiger partial charge in [0.1, 0.15) is 6.61 Å². The molecule has 0 saturated carbocycles. The van der Waals surface area contributed by atoms with Gasteiger partial charge in [-0.2, -0.15) is 9.78 Å². The summed E-state index contributed by atoms with van der Waals surface area (Å²) in [5.41, 5.74) is 2.81. The summed E-state index contributed by atoms with van der Waals surface area (Å²) in [4.78, 5) is 13.9. The van der Waals surface area contributed by atoms with Gasteiger partial charge in [-0.25, -0.2) is 4.79 Å². The first-order valence-corrected chi connectivity index (χ1v) is 8.99. The maximum absolute atomic E-state index is 12.1. The molecule has 3 rings (SSSR count). The minimum Gasteiger partial charge on any atom is -0.404 e. The lowest BCUT2D eigenvalue weighted by Gasteiger charge is -2.10. The number of carbonyl (C=O) groups is 1. The molecule has 0 saturated heterocycles. The molecule has 0 N–H and O–H groups in total. The smallest absolute Gasteiger partial charge is 0.338 e. The van der Waals surface area contributed by atoms with Crippen molar-refractivity contribution < 1.29 is 14.3 Å². The number of aromatic nitrogens is 2. The molecule has 0 unspecified atom stereocenters. The molecule has 5 nitrogen and oxygen atoms in total. The first-order chi connectivity index (χ1) is 12.6. The summed E-state index contributed by atoms with van der Waals surface area (Å²) in [5.74, 6) is -0.0586. The molecule has 0 aliphatic carbocycles. The molecule has 1 heterocycles. The summed E-state index contributed by atoms with van der Waals surface area (Å²) in [7, 11) is 1.46. The first kappa shape index (κ1) is 18.2. The molecule has 134 valence electrons. The highest BCUT2D eigenvalue weighted by atomic mass is 32.2. The molecule has 0 spiro atoms. The molecule has 0 radical (unpaired) electrons. The van der Waals surface area contributed by atoms with E-state index in [1.807, 2.05) is 56.3 Å². The Kier molecular flexibility index (Phi) is 5.75. The van der Waals surface area contributed by atoms with Crippen molar-refractivity contribution in [2.45, 2.75) is 23.6 Å². The lowest BCUT2D eigenvalue weighted by atomic mass is 10.2. The summed E-state index contributed by atoms with van der Waals surface area (Å²) in [6.07, 6.45) is 0. The minimum absolute atomic E-state index is 0.117. The number of methoxy groups -OCH3 is 1. The Bertz CT molecular complexity index is 889. The summed E-state index contributed by atoms with van der Waals surface area (Å²) in [6.45, 7) is 3.84. The van der Waals surface area contributed by atoms with E-state index in [-0.39, 0.29) is 6.61 Å². The van der Waals surface area contributed by atoms with Crippen LogP contribution in [0.4, 0.5) is 0 Å². The van der Waals surface area contributed by atoms with Gasteiger partial charge in [0, 0.05) is 12.0 Å². The number of esters is 1. The normalized spacial score (nSPS) is 10.7. The van der Waals surface area contributed by atoms with E-state index in [2.05, 4.69) is 17.2 Å². The molecule has 0 amide bonds. The Morgan fingerprint density at radius 1 is 1.08 bits per heavy atom. The van der Waals surface area contributed by atoms with E-state index in [0.29, 0.717) is 5.88 Å². The van der Waals surface area contributed by atoms with Gasteiger partial charge >= 0.3 is 5.97 Å². The van der Waals surface area contributed by atoms with E-state index in [1.54, 1.807) is 4.68 Å². The monoisotopic (exact) mass is 368 g/mol. The van der Waals surface area contributed by atoms with Crippen molar-refractivity contribution in [1.29, 1.82) is 0 Å². The SMILES string of the molecule is COCC(=O)Oc1c(Sc2ccc(C)cc2)c(C)nn1-c1ccccc1. The molecule has 2 aromatic carbocycles. The molecule has 0 fully saturated rings. The standard InChI is InChI=1S/C20H20N2O3S/c1-14-9-11-17(12-10-14)26-19-15(2)21-22(16-7-5-4-6-8-16)20(19)25-18(23)13-24-3/h4-12H,13H2,1-3H3. The van der Waals surface area contributed by atoms with E-state index in [0.717, 1.165) is 21.2 Å². The Balaban J connectivity index is 2.03. The van der Waals surface area contributed by atoms with E-state index >= 15 is 0 Å². The van der Waals surface area contributed by atoms with E-state index in [9.17, 15) is 4.79 Å². The molecule has 0 atom stereocenters. The lowest BCUT2D eigenvalue weighted by Crippen LogP contribution is -2.16. The van der Waals surface area contributed by atoms with Gasteiger partial charge in [-0.15, -0.1) is 0 Å². The minimum atomic E-state index is -0.463. The molecule has 1 aromatic heterocycles. The van der Waals surface area contributed by atoms with Crippen LogP contribution in [0, 0.1) is 13.8 Å². The number of aryl methyl sites for hydroxylation is 2. The second-order valence-electron chi connectivity index (χ2n) is 5.79. The van der Waals surface area contributed by atoms with Gasteiger partial charge in [0.2, 0.25) is 5.88 Å². The van der Waals surface area contributed by atoms with Gasteiger partial charge in [-0.1, -0.05) is 47.7 Å². The molecule has 0 bridgehead atoms. The quantitative estimate of drug-likeness (QED) is 0.611. The van der Waals surface area contributed by atoms with Crippen LogP contribution in [0.1, 0.15) is 11.3 Å². The van der Waals surface area contributed by atoms with Crippen LogP contribution in [0.2, 0.25) is 0 Å². The largest absolute Gasteiger partial charge is 0.404 e. The van der Waals surface area contributed by atoms with Crippen LogP contribution in [0.25, 0.3) is 5.69 Å². The third-order valence-corrected chi connectivity index (χ3v) is 4.86. The first-order valence-electron chi connectivity index (χ1n) is 8.17. The van der Waals surface area contributed by atoms with Crippen LogP contribution >= 0.6 is 11.8 Å². The number of nitrogens with zero attached hydrogens (tertiary/aromatic N) is 2. The van der Waals surface area contributed by atoms with Crippen LogP contribution in [0.3, 0.4) is 0 Å². The molecule has 0 aliphatic rings. The van der Waals surface area contributed by atoms with Crippen molar-refractivity contribution >= 4 is 17.7 Å². The number of para-hydroxylation sites is 1. The average molecular weight is 368 g/mol. The number of benzene rings is 2. The van der Waals surface area contributed by atoms with Gasteiger partial charge in [0.25, 0.3) is 0 Å². The Labute approximate surface area is 156 Å². The van der Waals surface area contributed by atoms with E-state index in [1.165, 1.54) is 24.4 Å². The Hall–Kier alpha value is -2.57. The van der Waals surface area contributed by atoms with Crippen molar-refractivity contribution in [3.63, 3.8) is 0 Å². The van der Waals surface area contributed by atoms with Crippen molar-refractivity contribution in [1.82, 2.24) is 9.78 Å². The van der Waals surface area contributed by atoms with Crippen molar-refractivity contribution in [2.24, 2.45) is 0 Å². The summed E-state index contributed by atoms with van der Waals surface area (Å²) in [5, 5.41) is 4.59. The topological polar surface area (TPSA) is 53.4 Å². The number of rotatable bonds is 6. The molecule has 6 heteroatoms. The van der Waals surface area contributed by atoms with Crippen LogP contribution in [-0.4, -0.2) is 29.5 Å². The fourth-order valence-electron chi connectivity index (χ4n) is 2.42. The van der Waals surface area contributed by atoms with Crippen LogP contribution in [-0.2, 0) is 9.53 Å². The van der Waals surface area contributed by atoms with Gasteiger partial charge in [-0.05, 0) is 38.1 Å². The Morgan fingerprint density at radius 3 is 2.42 bits per heavy atom. The fourth-order valence-corrected chi connectivity index (χ4v) is 3.33. The summed E-state index contributed by atoms with van der Waals surface area (Å²) in [6, 6.07) is 17.8. The fraction of sp³-hybridized carbons (Fsp3) is 0.200. The molecule has 26 heavy (non-hydrogen) atoms. The summed E-state index contributed by atoms with van der Waals surface area (Å²) >= 11 is 1.52. The highest BCUT2D eigenvalue weighted by Gasteiger charge is 2.21. The molecular weight excluding hydrogens is 348 g/mol. The predicted octanol–water partition coefficient (Wildman–Crippen LogP) is 4.19. The third kappa shape index (κ3) is 4.15. The maximum atomic E-state index is 12.1. The Morgan fingerprint density at radius 2 is 1.77 bits per heavy atom. The number of hydrogen-bond acceptors (Lipinski definition) is 5. The van der Waals surface area contributed by atoms with Gasteiger partial charge in [0.15, 0.2) is 0 Å². The third-order valence-electron chi connectivity index (χ3n) is 3.68. The van der Waals surface area contributed by atoms with E-state index in [4.69, 9.17) is 9.47 Å². The van der Waals surface area contributed by atoms with Crippen LogP contribution in [0.15, 0.2) is 64.4 Å². The zero-order chi connectivity index (χ0) is 18.5. The molecule has 0 aliphatic heterocycles. The highest BCUT2D eigenvalue weighted by Crippen LogP contribution is 2.39. The molecule has 3 aromatic rings. The van der Waals surface area contributed by atoms with Crippen molar-refractivity contribution in [3.05, 3.63) is 65.9 Å². The van der Waals surface area contributed by atoms with E-state index < -0.39 is 5.97 Å². The zero-order valence-electron chi connectivity index (χ0n) is 14.9. The van der Waals surface area contributed by atoms with Gasteiger partial charge < -0.3 is 9.47 Å². The van der Waals surface area contributed by atoms with Crippen LogP contribution in [0.5, 0.6) is 5.88 Å². The number of hydrogen-bond donors (Lipinski definition) is 0. The lowest BCUT2D eigenvalue weighted by molar-refractivity contribution is -0.139. The summed E-state index contributed by atoms with van der Waals surface area (Å²) < 4.78 is 12.1. The highest BCUT2D eigenvalue weighted by molar-refractivity contribution is 7.99. The van der Waals surface area contributed by atoms with Crippen LogP contribution < -0.4 is 4.74 Å². The number of ether oxygens (including phenoxy) is 2. The average Bonchev–Trinajstić information content (AvgIpc) is 2.94. The second-order valence-corrected chi connectivity index (χ2v) is 6.87. The zero-order valence-corrected chi connectivity index (χ0v) is 15.7.